The van der Waals surface area contributed by atoms with Crippen LogP contribution in [0.15, 0.2) is 29.6 Å². The van der Waals surface area contributed by atoms with Crippen LogP contribution in [0.2, 0.25) is 0 Å². The van der Waals surface area contributed by atoms with Crippen molar-refractivity contribution in [3.63, 3.8) is 0 Å². The molecule has 1 saturated heterocycles. The number of nitrogens with zero attached hydrogens (tertiary/aromatic N) is 3. The van der Waals surface area contributed by atoms with Gasteiger partial charge in [-0.2, -0.15) is 0 Å². The third-order valence-electron chi connectivity index (χ3n) is 5.25. The largest absolute Gasteiger partial charge is 0.396 e. The first-order chi connectivity index (χ1) is 12.7. The Bertz CT molecular complexity index is 902. The SMILES string of the molecule is Cc1ccc(-c2csc3nc(C)nc(N4CCCCC4CCO)c23)cc1. The van der Waals surface area contributed by atoms with Gasteiger partial charge < -0.3 is 10.0 Å². The van der Waals surface area contributed by atoms with Gasteiger partial charge in [0.15, 0.2) is 0 Å². The lowest BCUT2D eigenvalue weighted by Gasteiger charge is -2.37. The van der Waals surface area contributed by atoms with Crippen LogP contribution in [0.1, 0.15) is 37.1 Å². The number of aliphatic hydroxyl groups excluding tert-OH is 1. The molecule has 1 unspecified atom stereocenters. The average Bonchev–Trinajstić information content (AvgIpc) is 3.06. The molecule has 1 aromatic carbocycles. The maximum atomic E-state index is 9.51. The molecule has 1 aliphatic rings. The number of fused-ring (bicyclic) bond motifs is 1. The van der Waals surface area contributed by atoms with Gasteiger partial charge in [0.25, 0.3) is 0 Å². The highest BCUT2D eigenvalue weighted by molar-refractivity contribution is 7.17. The zero-order chi connectivity index (χ0) is 18.1. The summed E-state index contributed by atoms with van der Waals surface area (Å²) in [5.74, 6) is 1.86. The summed E-state index contributed by atoms with van der Waals surface area (Å²) in [5.41, 5.74) is 3.69. The number of hydrogen-bond donors (Lipinski definition) is 1. The lowest BCUT2D eigenvalue weighted by molar-refractivity contribution is 0.262. The van der Waals surface area contributed by atoms with Crippen LogP contribution in [-0.2, 0) is 0 Å². The van der Waals surface area contributed by atoms with E-state index in [9.17, 15) is 5.11 Å². The highest BCUT2D eigenvalue weighted by Crippen LogP contribution is 2.40. The van der Waals surface area contributed by atoms with Crippen molar-refractivity contribution in [2.24, 2.45) is 0 Å². The normalized spacial score (nSPS) is 17.8. The maximum absolute atomic E-state index is 9.51. The van der Waals surface area contributed by atoms with Crippen LogP contribution in [0.25, 0.3) is 21.3 Å². The molecule has 0 aliphatic carbocycles. The first-order valence-corrected chi connectivity index (χ1v) is 10.3. The molecule has 4 nitrogen and oxygen atoms in total. The molecule has 136 valence electrons. The number of anilines is 1. The minimum Gasteiger partial charge on any atom is -0.396 e. The van der Waals surface area contributed by atoms with Crippen molar-refractivity contribution < 1.29 is 5.11 Å². The van der Waals surface area contributed by atoms with E-state index < -0.39 is 0 Å². The van der Waals surface area contributed by atoms with Crippen LogP contribution in [0.3, 0.4) is 0 Å². The van der Waals surface area contributed by atoms with Crippen molar-refractivity contribution in [1.29, 1.82) is 0 Å². The van der Waals surface area contributed by atoms with Crippen molar-refractivity contribution >= 4 is 27.4 Å². The Balaban J connectivity index is 1.87. The average molecular weight is 368 g/mol. The first-order valence-electron chi connectivity index (χ1n) is 9.38. The first kappa shape index (κ1) is 17.4. The molecule has 2 aromatic heterocycles. The van der Waals surface area contributed by atoms with Gasteiger partial charge in [0.1, 0.15) is 16.5 Å². The summed E-state index contributed by atoms with van der Waals surface area (Å²) in [5, 5.41) is 12.9. The number of benzene rings is 1. The van der Waals surface area contributed by atoms with Gasteiger partial charge in [0.05, 0.1) is 5.39 Å². The second-order valence-electron chi connectivity index (χ2n) is 7.15. The zero-order valence-corrected chi connectivity index (χ0v) is 16.2. The van der Waals surface area contributed by atoms with E-state index in [0.717, 1.165) is 41.2 Å². The standard InChI is InChI=1S/C21H25N3OS/c1-14-6-8-16(9-7-14)18-13-26-21-19(18)20(22-15(2)23-21)24-11-4-3-5-17(24)10-12-25/h6-9,13,17,25H,3-5,10-12H2,1-2H3. The van der Waals surface area contributed by atoms with E-state index in [1.807, 2.05) is 6.92 Å². The molecule has 3 aromatic rings. The van der Waals surface area contributed by atoms with Crippen LogP contribution in [0, 0.1) is 13.8 Å². The van der Waals surface area contributed by atoms with Crippen LogP contribution in [0.5, 0.6) is 0 Å². The van der Waals surface area contributed by atoms with E-state index in [0.29, 0.717) is 6.04 Å². The molecule has 3 heterocycles. The Morgan fingerprint density at radius 2 is 1.96 bits per heavy atom. The number of piperidine rings is 1. The van der Waals surface area contributed by atoms with Crippen LogP contribution >= 0.6 is 11.3 Å². The molecule has 0 spiro atoms. The highest BCUT2D eigenvalue weighted by Gasteiger charge is 2.27. The molecule has 26 heavy (non-hydrogen) atoms. The van der Waals surface area contributed by atoms with Gasteiger partial charge in [0.2, 0.25) is 0 Å². The van der Waals surface area contributed by atoms with Crippen LogP contribution in [0.4, 0.5) is 5.82 Å². The summed E-state index contributed by atoms with van der Waals surface area (Å²) in [4.78, 5) is 13.0. The van der Waals surface area contributed by atoms with Crippen LogP contribution < -0.4 is 4.90 Å². The van der Waals surface area contributed by atoms with Crippen molar-refractivity contribution in [1.82, 2.24) is 9.97 Å². The predicted octanol–water partition coefficient (Wildman–Crippen LogP) is 4.72. The number of hydrogen-bond acceptors (Lipinski definition) is 5. The predicted molar refractivity (Wildman–Crippen MR) is 109 cm³/mol. The summed E-state index contributed by atoms with van der Waals surface area (Å²) in [6, 6.07) is 9.03. The Labute approximate surface area is 158 Å². The molecular formula is C21H25N3OS. The third kappa shape index (κ3) is 3.21. The molecular weight excluding hydrogens is 342 g/mol. The zero-order valence-electron chi connectivity index (χ0n) is 15.4. The molecule has 4 rings (SSSR count). The Morgan fingerprint density at radius 3 is 2.73 bits per heavy atom. The molecule has 1 aliphatic heterocycles. The fraction of sp³-hybridized carbons (Fsp3) is 0.429. The van der Waals surface area contributed by atoms with Crippen LogP contribution in [-0.4, -0.2) is 34.3 Å². The molecule has 1 fully saturated rings. The molecule has 0 saturated carbocycles. The van der Waals surface area contributed by atoms with Gasteiger partial charge in [-0.05, 0) is 45.1 Å². The molecule has 0 bridgehead atoms. The van der Waals surface area contributed by atoms with Crippen molar-refractivity contribution in [2.45, 2.75) is 45.6 Å². The van der Waals surface area contributed by atoms with Gasteiger partial charge in [-0.15, -0.1) is 11.3 Å². The summed E-state index contributed by atoms with van der Waals surface area (Å²) in [6.07, 6.45) is 4.32. The summed E-state index contributed by atoms with van der Waals surface area (Å²) in [6.45, 7) is 5.31. The second-order valence-corrected chi connectivity index (χ2v) is 8.00. The van der Waals surface area contributed by atoms with E-state index in [1.165, 1.54) is 29.5 Å². The topological polar surface area (TPSA) is 49.2 Å². The second kappa shape index (κ2) is 7.33. The van der Waals surface area contributed by atoms with E-state index in [2.05, 4.69) is 41.5 Å². The van der Waals surface area contributed by atoms with E-state index >= 15 is 0 Å². The molecule has 0 radical (unpaired) electrons. The van der Waals surface area contributed by atoms with Gasteiger partial charge in [-0.3, -0.25) is 0 Å². The number of thiophene rings is 1. The Morgan fingerprint density at radius 1 is 1.15 bits per heavy atom. The fourth-order valence-electron chi connectivity index (χ4n) is 3.91. The minimum atomic E-state index is 0.225. The quantitative estimate of drug-likeness (QED) is 0.725. The Hall–Kier alpha value is -1.98. The third-order valence-corrected chi connectivity index (χ3v) is 6.12. The number of rotatable bonds is 4. The van der Waals surface area contributed by atoms with Gasteiger partial charge in [-0.1, -0.05) is 29.8 Å². The molecule has 1 atom stereocenters. The smallest absolute Gasteiger partial charge is 0.141 e. The number of aliphatic hydroxyl groups is 1. The molecule has 5 heteroatoms. The Kier molecular flexibility index (Phi) is 4.92. The molecule has 0 amide bonds. The van der Waals surface area contributed by atoms with Crippen molar-refractivity contribution in [3.05, 3.63) is 41.0 Å². The van der Waals surface area contributed by atoms with Crippen molar-refractivity contribution in [2.75, 3.05) is 18.1 Å². The van der Waals surface area contributed by atoms with Crippen molar-refractivity contribution in [3.8, 4) is 11.1 Å². The van der Waals surface area contributed by atoms with E-state index in [1.54, 1.807) is 11.3 Å². The number of aromatic nitrogens is 2. The monoisotopic (exact) mass is 367 g/mol. The summed E-state index contributed by atoms with van der Waals surface area (Å²) < 4.78 is 0. The fourth-order valence-corrected chi connectivity index (χ4v) is 4.90. The van der Waals surface area contributed by atoms with Gasteiger partial charge in [0, 0.05) is 30.1 Å². The van der Waals surface area contributed by atoms with E-state index in [4.69, 9.17) is 9.97 Å². The lowest BCUT2D eigenvalue weighted by Crippen LogP contribution is -2.41. The summed E-state index contributed by atoms with van der Waals surface area (Å²) in [7, 11) is 0. The van der Waals surface area contributed by atoms with Gasteiger partial charge >= 0.3 is 0 Å². The maximum Gasteiger partial charge on any atom is 0.141 e. The summed E-state index contributed by atoms with van der Waals surface area (Å²) >= 11 is 1.69. The lowest BCUT2D eigenvalue weighted by atomic mass is 9.98. The number of aryl methyl sites for hydroxylation is 2. The highest BCUT2D eigenvalue weighted by atomic mass is 32.1. The van der Waals surface area contributed by atoms with E-state index in [-0.39, 0.29) is 6.61 Å². The molecule has 1 N–H and O–H groups in total. The van der Waals surface area contributed by atoms with Gasteiger partial charge in [-0.25, -0.2) is 9.97 Å². The minimum absolute atomic E-state index is 0.225.